The number of nitrogens with one attached hydrogen (secondary N) is 1. The van der Waals surface area contributed by atoms with Crippen LogP contribution in [0.5, 0.6) is 5.75 Å². The Morgan fingerprint density at radius 2 is 2.04 bits per heavy atom. The molecule has 2 aromatic rings. The van der Waals surface area contributed by atoms with E-state index in [9.17, 15) is 13.8 Å². The lowest BCUT2D eigenvalue weighted by Gasteiger charge is -2.46. The first-order valence-electron chi connectivity index (χ1n) is 19.3. The van der Waals surface area contributed by atoms with Gasteiger partial charge in [-0.2, -0.15) is 0 Å². The first kappa shape index (κ1) is 37.4. The number of allylic oxidation sites excluding steroid dienone is 2. The second-order valence-electron chi connectivity index (χ2n) is 16.1. The van der Waals surface area contributed by atoms with E-state index >= 15 is 0 Å². The first-order valence-corrected chi connectivity index (χ1v) is 21.0. The molecule has 10 nitrogen and oxygen atoms in total. The molecule has 5 aliphatic rings. The molecule has 7 rings (SSSR count). The van der Waals surface area contributed by atoms with Crippen LogP contribution < -0.4 is 20.1 Å². The third kappa shape index (κ3) is 7.69. The number of anilines is 1. The summed E-state index contributed by atoms with van der Waals surface area (Å²) in [6.45, 7) is 6.25. The number of benzene rings is 2. The van der Waals surface area contributed by atoms with Gasteiger partial charge in [0.2, 0.25) is 5.91 Å². The molecule has 2 bridgehead atoms. The minimum atomic E-state index is -3.50. The summed E-state index contributed by atoms with van der Waals surface area (Å²) in [4.78, 5) is 34.6. The zero-order chi connectivity index (χ0) is 37.3. The number of nitrogens with two attached hydrogens (primary N) is 1. The van der Waals surface area contributed by atoms with Crippen molar-refractivity contribution >= 4 is 33.1 Å². The second-order valence-corrected chi connectivity index (χ2v) is 18.1. The molecule has 2 amide bonds. The van der Waals surface area contributed by atoms with Crippen molar-refractivity contribution in [1.82, 2.24) is 4.72 Å². The molecule has 2 aliphatic heterocycles. The molecule has 11 heteroatoms. The van der Waals surface area contributed by atoms with Gasteiger partial charge >= 0.3 is 0 Å². The predicted molar refractivity (Wildman–Crippen MR) is 211 cm³/mol. The van der Waals surface area contributed by atoms with Crippen LogP contribution in [0.3, 0.4) is 0 Å². The summed E-state index contributed by atoms with van der Waals surface area (Å²) in [6, 6.07) is 12.3. The fourth-order valence-corrected chi connectivity index (χ4v) is 11.3. The standard InChI is InChI=1S/C42H55N5O5S/c1-27-10-16-35-29(19-27)8-6-18-42(35)25-47-23-33-13-15-34(33)38(51-4)9-5-7-28(2)24-53(50,45-40(48)30-11-12-32(22-43)36(20-30)44-3)46-41(49)31-14-17-39(52-26-42)37(47)21-31/h5,9-10,14,16-17,19,21-22,28,30,33-34,38H,6-8,11-13,15,18,20,23-26,43H2,1-4H3,(H,45,46,48,49,50)/b9-5+,32-22?,44-36?/t28-,30-,33-,34+,38-,42-,53?/m0/s1. The molecule has 7 atom stereocenters. The van der Waals surface area contributed by atoms with Gasteiger partial charge in [0.1, 0.15) is 15.7 Å². The van der Waals surface area contributed by atoms with E-state index in [-0.39, 0.29) is 29.1 Å². The largest absolute Gasteiger partial charge is 0.490 e. The molecule has 1 unspecified atom stereocenters. The summed E-state index contributed by atoms with van der Waals surface area (Å²) in [5, 5.41) is 0. The van der Waals surface area contributed by atoms with Crippen molar-refractivity contribution in [2.45, 2.75) is 83.2 Å². The Kier molecular flexibility index (Phi) is 10.9. The minimum Gasteiger partial charge on any atom is -0.490 e. The minimum absolute atomic E-state index is 0.0372. The summed E-state index contributed by atoms with van der Waals surface area (Å²) in [7, 11) is -0.0323. The number of carbonyl (C=O) groups excluding carboxylic acids is 2. The van der Waals surface area contributed by atoms with Crippen LogP contribution >= 0.6 is 0 Å². The molecule has 3 N–H and O–H groups in total. The fourth-order valence-electron chi connectivity index (χ4n) is 9.35. The van der Waals surface area contributed by atoms with Crippen molar-refractivity contribution in [1.29, 1.82) is 0 Å². The molecule has 3 aliphatic carbocycles. The van der Waals surface area contributed by atoms with E-state index < -0.39 is 21.7 Å². The van der Waals surface area contributed by atoms with Gasteiger partial charge in [0.05, 0.1) is 24.2 Å². The normalized spacial score (nSPS) is 33.8. The van der Waals surface area contributed by atoms with Gasteiger partial charge < -0.3 is 20.1 Å². The molecule has 53 heavy (non-hydrogen) atoms. The molecule has 2 saturated carbocycles. The van der Waals surface area contributed by atoms with Crippen molar-refractivity contribution in [3.8, 4) is 5.75 Å². The number of methoxy groups -OCH3 is 1. The van der Waals surface area contributed by atoms with Crippen LogP contribution in [0.25, 0.3) is 0 Å². The maximum atomic E-state index is 14.7. The summed E-state index contributed by atoms with van der Waals surface area (Å²) in [5.74, 6) is -0.0365. The van der Waals surface area contributed by atoms with E-state index in [1.807, 2.05) is 19.1 Å². The number of carbonyl (C=O) groups is 2. The Morgan fingerprint density at radius 1 is 1.19 bits per heavy atom. The van der Waals surface area contributed by atoms with Gasteiger partial charge in [-0.15, -0.1) is 4.36 Å². The van der Waals surface area contributed by atoms with Crippen LogP contribution in [0.2, 0.25) is 0 Å². The Labute approximate surface area is 315 Å². The lowest BCUT2D eigenvalue weighted by atomic mass is 9.68. The molecule has 2 fully saturated rings. The topological polar surface area (TPSA) is 136 Å². The van der Waals surface area contributed by atoms with Crippen LogP contribution in [0.4, 0.5) is 5.69 Å². The third-order valence-corrected chi connectivity index (χ3v) is 14.4. The molecular weight excluding hydrogens is 687 g/mol. The first-order chi connectivity index (χ1) is 25.5. The van der Waals surface area contributed by atoms with Gasteiger partial charge in [-0.05, 0) is 117 Å². The summed E-state index contributed by atoms with van der Waals surface area (Å²) >= 11 is 0. The number of fused-ring (bicyclic) bond motifs is 4. The van der Waals surface area contributed by atoms with Gasteiger partial charge in [0.25, 0.3) is 5.91 Å². The van der Waals surface area contributed by atoms with Crippen molar-refractivity contribution in [3.63, 3.8) is 0 Å². The number of hydrogen-bond acceptors (Lipinski definition) is 8. The number of hydrogen-bond donors (Lipinski definition) is 2. The Bertz CT molecular complexity index is 1960. The molecule has 0 saturated heterocycles. The van der Waals surface area contributed by atoms with Crippen LogP contribution in [-0.2, 0) is 31.3 Å². The van der Waals surface area contributed by atoms with Gasteiger partial charge in [0, 0.05) is 56.3 Å². The molecular formula is C42H55N5O5S. The van der Waals surface area contributed by atoms with E-state index in [2.05, 4.69) is 56.3 Å². The van der Waals surface area contributed by atoms with E-state index in [0.29, 0.717) is 49.7 Å². The summed E-state index contributed by atoms with van der Waals surface area (Å²) in [5.41, 5.74) is 12.5. The Balaban J connectivity index is 1.27. The maximum absolute atomic E-state index is 14.7. The highest BCUT2D eigenvalue weighted by molar-refractivity contribution is 7.92. The Morgan fingerprint density at radius 3 is 2.79 bits per heavy atom. The predicted octanol–water partition coefficient (Wildman–Crippen LogP) is 6.46. The molecule has 284 valence electrons. The third-order valence-electron chi connectivity index (χ3n) is 12.4. The second kappa shape index (κ2) is 15.4. The number of amides is 2. The zero-order valence-corrected chi connectivity index (χ0v) is 32.5. The lowest BCUT2D eigenvalue weighted by molar-refractivity contribution is -0.123. The number of aliphatic imine (C=N–C) groups is 1. The van der Waals surface area contributed by atoms with Crippen molar-refractivity contribution in [2.75, 3.05) is 44.5 Å². The van der Waals surface area contributed by atoms with E-state index in [0.717, 1.165) is 67.9 Å². The average molecular weight is 742 g/mol. The highest BCUT2D eigenvalue weighted by Crippen LogP contribution is 2.47. The highest BCUT2D eigenvalue weighted by atomic mass is 32.2. The smallest absolute Gasteiger partial charge is 0.286 e. The average Bonchev–Trinajstić information content (AvgIpc) is 3.28. The fraction of sp³-hybridized carbons (Fsp3) is 0.548. The number of nitrogens with zero attached hydrogens (tertiary/aromatic N) is 3. The molecule has 0 aromatic heterocycles. The van der Waals surface area contributed by atoms with Gasteiger partial charge in [-0.3, -0.25) is 19.3 Å². The molecule has 0 radical (unpaired) electrons. The van der Waals surface area contributed by atoms with E-state index in [1.54, 1.807) is 26.4 Å². The Hall–Kier alpha value is -3.96. The molecule has 2 aromatic carbocycles. The maximum Gasteiger partial charge on any atom is 0.286 e. The van der Waals surface area contributed by atoms with Crippen molar-refractivity contribution in [3.05, 3.63) is 82.6 Å². The lowest BCUT2D eigenvalue weighted by Crippen LogP contribution is -2.49. The van der Waals surface area contributed by atoms with E-state index in [1.165, 1.54) is 16.7 Å². The number of aryl methyl sites for hydroxylation is 2. The van der Waals surface area contributed by atoms with Crippen LogP contribution in [0.15, 0.2) is 69.7 Å². The zero-order valence-electron chi connectivity index (χ0n) is 31.6. The van der Waals surface area contributed by atoms with E-state index in [4.69, 9.17) is 15.2 Å². The van der Waals surface area contributed by atoms with Crippen LogP contribution in [0, 0.1) is 30.6 Å². The molecule has 1 spiro atoms. The molecule has 2 heterocycles. The van der Waals surface area contributed by atoms with Gasteiger partial charge in [0.15, 0.2) is 0 Å². The van der Waals surface area contributed by atoms with Crippen molar-refractivity contribution < 1.29 is 23.3 Å². The van der Waals surface area contributed by atoms with Crippen LogP contribution in [0.1, 0.15) is 85.3 Å². The van der Waals surface area contributed by atoms with Gasteiger partial charge in [-0.1, -0.05) is 42.8 Å². The monoisotopic (exact) mass is 741 g/mol. The highest BCUT2D eigenvalue weighted by Gasteiger charge is 2.44. The number of rotatable bonds is 3. The van der Waals surface area contributed by atoms with Gasteiger partial charge in [-0.25, -0.2) is 4.21 Å². The van der Waals surface area contributed by atoms with Crippen LogP contribution in [-0.4, -0.2) is 67.4 Å². The quantitative estimate of drug-likeness (QED) is 0.345. The summed E-state index contributed by atoms with van der Waals surface area (Å²) < 4.78 is 34.6. The SMILES string of the molecule is CN=C1C[C@@H](C(=O)NS2(=O)=NC(=O)c3ccc4c(c3)N(C[C@@H]3CC[C@H]3[C@@H](OC)/C=C/C[C@H](C)C2)C[C@@]2(CCCc3cc(C)ccc32)CO4)CCC1=CN. The number of ether oxygens (including phenoxy) is 2. The summed E-state index contributed by atoms with van der Waals surface area (Å²) in [6.07, 6.45) is 13.3. The van der Waals surface area contributed by atoms with Crippen molar-refractivity contribution in [2.24, 2.45) is 38.8 Å².